The molecule has 2 rings (SSSR count). The van der Waals surface area contributed by atoms with Crippen molar-refractivity contribution in [2.75, 3.05) is 32.9 Å². The Bertz CT molecular complexity index is 383. The maximum atomic E-state index is 13.3. The number of rotatable bonds is 3. The number of halogens is 2. The first kappa shape index (κ1) is 15.2. The normalized spacial score (nSPS) is 18.1. The molecule has 1 aliphatic rings. The number of nitrogens with one attached hydrogen (secondary N) is 1. The van der Waals surface area contributed by atoms with Crippen molar-refractivity contribution in [2.45, 2.75) is 13.0 Å². The molecule has 0 aromatic heterocycles. The van der Waals surface area contributed by atoms with Gasteiger partial charge in [0.25, 0.3) is 0 Å². The Labute approximate surface area is 113 Å². The summed E-state index contributed by atoms with van der Waals surface area (Å²) < 4.78 is 13.3. The van der Waals surface area contributed by atoms with Crippen LogP contribution in [0.5, 0.6) is 5.75 Å². The third-order valence-corrected chi connectivity index (χ3v) is 3.37. The molecule has 0 spiro atoms. The zero-order chi connectivity index (χ0) is 12.3. The second-order valence-electron chi connectivity index (χ2n) is 4.47. The van der Waals surface area contributed by atoms with Crippen molar-refractivity contribution in [3.63, 3.8) is 0 Å². The van der Waals surface area contributed by atoms with E-state index >= 15 is 0 Å². The van der Waals surface area contributed by atoms with Crippen LogP contribution in [0.15, 0.2) is 18.2 Å². The molecule has 1 heterocycles. The molecule has 1 fully saturated rings. The second kappa shape index (κ2) is 6.92. The predicted octanol–water partition coefficient (Wildman–Crippen LogP) is 2.04. The number of para-hydroxylation sites is 1. The number of phenols is 1. The smallest absolute Gasteiger partial charge is 0.123 e. The van der Waals surface area contributed by atoms with E-state index in [1.54, 1.807) is 0 Å². The third-order valence-electron chi connectivity index (χ3n) is 3.37. The van der Waals surface area contributed by atoms with Crippen LogP contribution in [-0.2, 0) is 0 Å². The van der Waals surface area contributed by atoms with E-state index in [2.05, 4.69) is 10.2 Å². The fourth-order valence-electron chi connectivity index (χ4n) is 2.32. The second-order valence-corrected chi connectivity index (χ2v) is 4.47. The SMILES string of the molecule is Cc1cccc([C@H](CF)N2CCNCC2)c1O.Cl. The van der Waals surface area contributed by atoms with Gasteiger partial charge in [-0.3, -0.25) is 4.90 Å². The molecular weight excluding hydrogens is 255 g/mol. The summed E-state index contributed by atoms with van der Waals surface area (Å²) in [5, 5.41) is 13.3. The molecule has 18 heavy (non-hydrogen) atoms. The van der Waals surface area contributed by atoms with Crippen LogP contribution in [0.4, 0.5) is 4.39 Å². The Morgan fingerprint density at radius 2 is 2.06 bits per heavy atom. The van der Waals surface area contributed by atoms with Gasteiger partial charge in [-0.15, -0.1) is 12.4 Å². The van der Waals surface area contributed by atoms with E-state index in [0.29, 0.717) is 5.56 Å². The van der Waals surface area contributed by atoms with E-state index in [1.165, 1.54) is 0 Å². The Morgan fingerprint density at radius 3 is 2.67 bits per heavy atom. The fraction of sp³-hybridized carbons (Fsp3) is 0.538. The summed E-state index contributed by atoms with van der Waals surface area (Å²) in [5.41, 5.74) is 1.51. The van der Waals surface area contributed by atoms with Gasteiger partial charge in [-0.25, -0.2) is 4.39 Å². The lowest BCUT2D eigenvalue weighted by Crippen LogP contribution is -2.45. The summed E-state index contributed by atoms with van der Waals surface area (Å²) in [6.07, 6.45) is 0. The van der Waals surface area contributed by atoms with E-state index in [0.717, 1.165) is 31.7 Å². The first-order valence-electron chi connectivity index (χ1n) is 6.03. The van der Waals surface area contributed by atoms with Gasteiger partial charge in [0.15, 0.2) is 0 Å². The Morgan fingerprint density at radius 1 is 1.39 bits per heavy atom. The van der Waals surface area contributed by atoms with Gasteiger partial charge in [0, 0.05) is 31.7 Å². The number of nitrogens with zero attached hydrogens (tertiary/aromatic N) is 1. The predicted molar refractivity (Wildman–Crippen MR) is 73.3 cm³/mol. The largest absolute Gasteiger partial charge is 0.507 e. The number of hydrogen-bond donors (Lipinski definition) is 2. The van der Waals surface area contributed by atoms with Gasteiger partial charge in [-0.1, -0.05) is 18.2 Å². The quantitative estimate of drug-likeness (QED) is 0.885. The number of alkyl halides is 1. The van der Waals surface area contributed by atoms with Crippen LogP contribution in [0.1, 0.15) is 17.2 Å². The minimum absolute atomic E-state index is 0. The van der Waals surface area contributed by atoms with Crippen LogP contribution in [0.3, 0.4) is 0 Å². The Kier molecular flexibility index (Phi) is 5.85. The highest BCUT2D eigenvalue weighted by Crippen LogP contribution is 2.31. The molecule has 0 amide bonds. The summed E-state index contributed by atoms with van der Waals surface area (Å²) in [7, 11) is 0. The van der Waals surface area contributed by atoms with Crippen molar-refractivity contribution in [3.05, 3.63) is 29.3 Å². The molecule has 3 nitrogen and oxygen atoms in total. The summed E-state index contributed by atoms with van der Waals surface area (Å²) in [5.74, 6) is 0.230. The number of benzene rings is 1. The monoisotopic (exact) mass is 274 g/mol. The molecule has 1 atom stereocenters. The highest BCUT2D eigenvalue weighted by molar-refractivity contribution is 5.85. The fourth-order valence-corrected chi connectivity index (χ4v) is 2.32. The molecule has 102 valence electrons. The van der Waals surface area contributed by atoms with Gasteiger partial charge < -0.3 is 10.4 Å². The lowest BCUT2D eigenvalue weighted by molar-refractivity contribution is 0.145. The van der Waals surface area contributed by atoms with Crippen LogP contribution in [0.25, 0.3) is 0 Å². The van der Waals surface area contributed by atoms with Crippen LogP contribution >= 0.6 is 12.4 Å². The van der Waals surface area contributed by atoms with Crippen LogP contribution in [-0.4, -0.2) is 42.9 Å². The summed E-state index contributed by atoms with van der Waals surface area (Å²) in [6, 6.07) is 5.20. The van der Waals surface area contributed by atoms with Crippen molar-refractivity contribution in [2.24, 2.45) is 0 Å². The molecule has 1 aromatic rings. The molecule has 1 aliphatic heterocycles. The standard InChI is InChI=1S/C13H19FN2O.ClH/c1-10-3-2-4-11(13(10)17)12(9-14)16-7-5-15-6-8-16;/h2-4,12,15,17H,5-9H2,1H3;1H/t12-;/m0./s1. The molecular formula is C13H20ClFN2O. The van der Waals surface area contributed by atoms with E-state index in [4.69, 9.17) is 0 Å². The minimum atomic E-state index is -0.461. The average molecular weight is 275 g/mol. The summed E-state index contributed by atoms with van der Waals surface area (Å²) in [4.78, 5) is 2.09. The lowest BCUT2D eigenvalue weighted by Gasteiger charge is -2.34. The molecule has 2 N–H and O–H groups in total. The van der Waals surface area contributed by atoms with Gasteiger partial charge in [0.05, 0.1) is 6.04 Å². The molecule has 0 unspecified atom stereocenters. The summed E-state index contributed by atoms with van der Waals surface area (Å²) >= 11 is 0. The highest BCUT2D eigenvalue weighted by Gasteiger charge is 2.24. The maximum absolute atomic E-state index is 13.3. The molecule has 5 heteroatoms. The molecule has 1 aromatic carbocycles. The molecule has 0 bridgehead atoms. The van der Waals surface area contributed by atoms with E-state index in [9.17, 15) is 9.50 Å². The van der Waals surface area contributed by atoms with Crippen molar-refractivity contribution < 1.29 is 9.50 Å². The number of hydrogen-bond acceptors (Lipinski definition) is 3. The molecule has 0 saturated carbocycles. The molecule has 0 radical (unpaired) electrons. The van der Waals surface area contributed by atoms with E-state index in [1.807, 2.05) is 25.1 Å². The van der Waals surface area contributed by atoms with E-state index < -0.39 is 6.67 Å². The zero-order valence-corrected chi connectivity index (χ0v) is 11.3. The van der Waals surface area contributed by atoms with Gasteiger partial charge in [0.2, 0.25) is 0 Å². The topological polar surface area (TPSA) is 35.5 Å². The van der Waals surface area contributed by atoms with Crippen molar-refractivity contribution in [1.29, 1.82) is 0 Å². The number of phenolic OH excluding ortho intramolecular Hbond substituents is 1. The third kappa shape index (κ3) is 3.13. The minimum Gasteiger partial charge on any atom is -0.507 e. The Hall–Kier alpha value is -0.840. The molecule has 0 aliphatic carbocycles. The zero-order valence-electron chi connectivity index (χ0n) is 10.5. The maximum Gasteiger partial charge on any atom is 0.123 e. The van der Waals surface area contributed by atoms with Crippen molar-refractivity contribution >= 4 is 12.4 Å². The lowest BCUT2D eigenvalue weighted by atomic mass is 10.0. The average Bonchev–Trinajstić information content (AvgIpc) is 2.37. The van der Waals surface area contributed by atoms with Crippen molar-refractivity contribution in [1.82, 2.24) is 10.2 Å². The van der Waals surface area contributed by atoms with Crippen LogP contribution in [0.2, 0.25) is 0 Å². The number of aromatic hydroxyl groups is 1. The number of aryl methyl sites for hydroxylation is 1. The van der Waals surface area contributed by atoms with Crippen LogP contribution < -0.4 is 5.32 Å². The Balaban J connectivity index is 0.00000162. The molecule has 1 saturated heterocycles. The van der Waals surface area contributed by atoms with Gasteiger partial charge in [0.1, 0.15) is 12.4 Å². The van der Waals surface area contributed by atoms with Gasteiger partial charge in [-0.05, 0) is 12.5 Å². The van der Waals surface area contributed by atoms with Gasteiger partial charge >= 0.3 is 0 Å². The van der Waals surface area contributed by atoms with E-state index in [-0.39, 0.29) is 24.2 Å². The summed E-state index contributed by atoms with van der Waals surface area (Å²) in [6.45, 7) is 4.78. The van der Waals surface area contributed by atoms with Gasteiger partial charge in [-0.2, -0.15) is 0 Å². The first-order valence-corrected chi connectivity index (χ1v) is 6.03. The highest BCUT2D eigenvalue weighted by atomic mass is 35.5. The van der Waals surface area contributed by atoms with Crippen LogP contribution in [0, 0.1) is 6.92 Å². The number of piperazine rings is 1. The first-order chi connectivity index (χ1) is 8.24. The van der Waals surface area contributed by atoms with Crippen molar-refractivity contribution in [3.8, 4) is 5.75 Å².